The van der Waals surface area contributed by atoms with Crippen LogP contribution in [0.3, 0.4) is 0 Å². The molecule has 0 spiro atoms. The van der Waals surface area contributed by atoms with Crippen molar-refractivity contribution in [1.29, 1.82) is 0 Å². The van der Waals surface area contributed by atoms with Crippen molar-refractivity contribution < 1.29 is 24.0 Å². The number of rotatable bonds is 6. The molecular formula is C18H18N2O6S. The molecule has 8 nitrogen and oxygen atoms in total. The molecule has 0 amide bonds. The lowest BCUT2D eigenvalue weighted by Crippen LogP contribution is -2.36. The maximum Gasteiger partial charge on any atom is 0.338 e. The smallest absolute Gasteiger partial charge is 0.338 e. The molecule has 0 saturated carbocycles. The van der Waals surface area contributed by atoms with Crippen LogP contribution in [0, 0.1) is 17.0 Å². The summed E-state index contributed by atoms with van der Waals surface area (Å²) < 4.78 is 10.3. The molecule has 1 saturated heterocycles. The van der Waals surface area contributed by atoms with E-state index in [0.29, 0.717) is 36.9 Å². The molecule has 1 aromatic carbocycles. The van der Waals surface area contributed by atoms with E-state index in [-0.39, 0.29) is 17.0 Å². The number of ketones is 1. The van der Waals surface area contributed by atoms with Gasteiger partial charge in [-0.1, -0.05) is 0 Å². The van der Waals surface area contributed by atoms with Gasteiger partial charge in [-0.05, 0) is 31.2 Å². The van der Waals surface area contributed by atoms with Crippen LogP contribution in [0.25, 0.3) is 0 Å². The molecule has 1 fully saturated rings. The fraction of sp³-hybridized carbons (Fsp3) is 0.333. The molecule has 0 bridgehead atoms. The number of thiophene rings is 1. The van der Waals surface area contributed by atoms with E-state index in [1.54, 1.807) is 6.07 Å². The van der Waals surface area contributed by atoms with Gasteiger partial charge >= 0.3 is 5.97 Å². The lowest BCUT2D eigenvalue weighted by Gasteiger charge is -2.28. The number of nitro benzene ring substituents is 1. The maximum atomic E-state index is 12.2. The average Bonchev–Trinajstić information content (AvgIpc) is 3.12. The normalized spacial score (nSPS) is 14.0. The third-order valence-corrected chi connectivity index (χ3v) is 5.15. The maximum absolute atomic E-state index is 12.2. The number of esters is 1. The summed E-state index contributed by atoms with van der Waals surface area (Å²) in [6.07, 6.45) is 0. The number of anilines is 1. The van der Waals surface area contributed by atoms with E-state index in [1.165, 1.54) is 29.5 Å². The van der Waals surface area contributed by atoms with Crippen LogP contribution < -0.4 is 4.90 Å². The van der Waals surface area contributed by atoms with Crippen molar-refractivity contribution in [3.63, 3.8) is 0 Å². The number of hydrogen-bond acceptors (Lipinski definition) is 8. The van der Waals surface area contributed by atoms with Crippen molar-refractivity contribution in [2.24, 2.45) is 0 Å². The summed E-state index contributed by atoms with van der Waals surface area (Å²) in [5, 5.41) is 11.4. The van der Waals surface area contributed by atoms with Gasteiger partial charge < -0.3 is 14.4 Å². The Hall–Kier alpha value is -2.78. The first-order chi connectivity index (χ1) is 13.0. The zero-order valence-corrected chi connectivity index (χ0v) is 15.5. The molecule has 1 aliphatic rings. The number of nitrogens with zero attached hydrogens (tertiary/aromatic N) is 2. The van der Waals surface area contributed by atoms with Crippen LogP contribution in [0.4, 0.5) is 11.4 Å². The number of aryl methyl sites for hydroxylation is 1. The quantitative estimate of drug-likeness (QED) is 0.324. The largest absolute Gasteiger partial charge is 0.454 e. The molecule has 0 aliphatic carbocycles. The molecular weight excluding hydrogens is 372 g/mol. The molecule has 1 aliphatic heterocycles. The number of benzene rings is 1. The summed E-state index contributed by atoms with van der Waals surface area (Å²) in [4.78, 5) is 38.5. The number of carbonyl (C=O) groups is 2. The molecule has 27 heavy (non-hydrogen) atoms. The Bertz CT molecular complexity index is 872. The summed E-state index contributed by atoms with van der Waals surface area (Å²) >= 11 is 1.32. The van der Waals surface area contributed by atoms with Crippen LogP contribution in [0.15, 0.2) is 30.3 Å². The van der Waals surface area contributed by atoms with Crippen LogP contribution in [0.5, 0.6) is 0 Å². The van der Waals surface area contributed by atoms with E-state index in [2.05, 4.69) is 0 Å². The first-order valence-corrected chi connectivity index (χ1v) is 9.15. The topological polar surface area (TPSA) is 99.0 Å². The molecule has 2 heterocycles. The second-order valence-electron chi connectivity index (χ2n) is 5.97. The monoisotopic (exact) mass is 390 g/mol. The molecule has 0 atom stereocenters. The average molecular weight is 390 g/mol. The molecule has 2 aromatic rings. The lowest BCUT2D eigenvalue weighted by molar-refractivity contribution is -0.384. The molecule has 3 rings (SSSR count). The van der Waals surface area contributed by atoms with Gasteiger partial charge in [-0.15, -0.1) is 11.3 Å². The molecule has 142 valence electrons. The SMILES string of the molecule is Cc1ccc(C(=O)COC(=O)c2ccc(N3CCOCC3)c([N+](=O)[O-])c2)s1. The van der Waals surface area contributed by atoms with Crippen molar-refractivity contribution >= 4 is 34.5 Å². The number of carbonyl (C=O) groups excluding carboxylic acids is 2. The van der Waals surface area contributed by atoms with E-state index in [9.17, 15) is 19.7 Å². The van der Waals surface area contributed by atoms with Gasteiger partial charge in [-0.25, -0.2) is 4.79 Å². The van der Waals surface area contributed by atoms with E-state index < -0.39 is 17.5 Å². The van der Waals surface area contributed by atoms with Gasteiger partial charge in [0.05, 0.1) is 28.6 Å². The summed E-state index contributed by atoms with van der Waals surface area (Å²) in [5.41, 5.74) is 0.297. The number of nitro groups is 1. The minimum atomic E-state index is -0.770. The van der Waals surface area contributed by atoms with Crippen molar-refractivity contribution in [1.82, 2.24) is 0 Å². The van der Waals surface area contributed by atoms with Gasteiger partial charge in [0.1, 0.15) is 5.69 Å². The number of hydrogen-bond donors (Lipinski definition) is 0. The molecule has 0 unspecified atom stereocenters. The first-order valence-electron chi connectivity index (χ1n) is 8.33. The summed E-state index contributed by atoms with van der Waals surface area (Å²) in [5.74, 6) is -1.07. The summed E-state index contributed by atoms with van der Waals surface area (Å²) in [6, 6.07) is 7.68. The van der Waals surface area contributed by atoms with E-state index in [0.717, 1.165) is 4.88 Å². The molecule has 0 N–H and O–H groups in total. The van der Waals surface area contributed by atoms with E-state index >= 15 is 0 Å². The van der Waals surface area contributed by atoms with Gasteiger partial charge in [0, 0.05) is 24.0 Å². The summed E-state index contributed by atoms with van der Waals surface area (Å²) in [6.45, 7) is 3.54. The van der Waals surface area contributed by atoms with Gasteiger partial charge in [-0.3, -0.25) is 14.9 Å². The Morgan fingerprint density at radius 3 is 2.63 bits per heavy atom. The van der Waals surface area contributed by atoms with E-state index in [1.807, 2.05) is 17.9 Å². The van der Waals surface area contributed by atoms with Gasteiger partial charge in [0.15, 0.2) is 6.61 Å². The standard InChI is InChI=1S/C18H18N2O6S/c1-12-2-5-17(27-12)16(21)11-26-18(22)13-3-4-14(15(10-13)20(23)24)19-6-8-25-9-7-19/h2-5,10H,6-9,11H2,1H3. The predicted octanol–water partition coefficient (Wildman–Crippen LogP) is 2.84. The predicted molar refractivity (Wildman–Crippen MR) is 99.8 cm³/mol. The molecule has 1 aromatic heterocycles. The highest BCUT2D eigenvalue weighted by Gasteiger charge is 2.24. The minimum absolute atomic E-state index is 0.0360. The Labute approximate surface area is 159 Å². The Balaban J connectivity index is 1.71. The van der Waals surface area contributed by atoms with Crippen LogP contribution in [-0.2, 0) is 9.47 Å². The Kier molecular flexibility index (Phi) is 5.82. The number of ether oxygens (including phenoxy) is 2. The van der Waals surface area contributed by atoms with Crippen molar-refractivity contribution in [2.75, 3.05) is 37.8 Å². The van der Waals surface area contributed by atoms with Gasteiger partial charge in [0.2, 0.25) is 5.78 Å². The zero-order valence-electron chi connectivity index (χ0n) is 14.7. The second-order valence-corrected chi connectivity index (χ2v) is 7.26. The number of Topliss-reactive ketones (excluding diaryl/α,β-unsaturated/α-hetero) is 1. The highest BCUT2D eigenvalue weighted by molar-refractivity contribution is 7.14. The lowest BCUT2D eigenvalue weighted by atomic mass is 10.1. The van der Waals surface area contributed by atoms with Crippen molar-refractivity contribution in [3.8, 4) is 0 Å². The third-order valence-electron chi connectivity index (χ3n) is 4.11. The Morgan fingerprint density at radius 2 is 2.00 bits per heavy atom. The van der Waals surface area contributed by atoms with Crippen LogP contribution in [0.1, 0.15) is 24.9 Å². The Morgan fingerprint density at radius 1 is 1.26 bits per heavy atom. The number of morpholine rings is 1. The highest BCUT2D eigenvalue weighted by Crippen LogP contribution is 2.30. The molecule has 0 radical (unpaired) electrons. The third kappa shape index (κ3) is 4.50. The van der Waals surface area contributed by atoms with Crippen LogP contribution >= 0.6 is 11.3 Å². The van der Waals surface area contributed by atoms with Gasteiger partial charge in [-0.2, -0.15) is 0 Å². The van der Waals surface area contributed by atoms with Crippen molar-refractivity contribution in [2.45, 2.75) is 6.92 Å². The first kappa shape index (κ1) is 19.0. The zero-order chi connectivity index (χ0) is 19.4. The second kappa shape index (κ2) is 8.28. The summed E-state index contributed by atoms with van der Waals surface area (Å²) in [7, 11) is 0. The highest BCUT2D eigenvalue weighted by atomic mass is 32.1. The van der Waals surface area contributed by atoms with Crippen molar-refractivity contribution in [3.05, 3.63) is 55.8 Å². The van der Waals surface area contributed by atoms with Crippen LogP contribution in [-0.4, -0.2) is 49.6 Å². The fourth-order valence-corrected chi connectivity index (χ4v) is 3.53. The van der Waals surface area contributed by atoms with Gasteiger partial charge in [0.25, 0.3) is 5.69 Å². The van der Waals surface area contributed by atoms with E-state index in [4.69, 9.17) is 9.47 Å². The van der Waals surface area contributed by atoms with Crippen LogP contribution in [0.2, 0.25) is 0 Å². The molecule has 9 heteroatoms. The minimum Gasteiger partial charge on any atom is -0.454 e. The fourth-order valence-electron chi connectivity index (χ4n) is 2.74.